The van der Waals surface area contributed by atoms with Crippen LogP contribution in [0.4, 0.5) is 0 Å². The Labute approximate surface area is 105 Å². The van der Waals surface area contributed by atoms with Crippen molar-refractivity contribution in [1.82, 2.24) is 25.2 Å². The van der Waals surface area contributed by atoms with E-state index in [1.807, 2.05) is 27.0 Å². The number of rotatable bonds is 4. The average Bonchev–Trinajstić information content (AvgIpc) is 2.78. The molecule has 6 nitrogen and oxygen atoms in total. The third-order valence-corrected chi connectivity index (χ3v) is 2.81. The van der Waals surface area contributed by atoms with E-state index in [0.29, 0.717) is 17.8 Å². The highest BCUT2D eigenvalue weighted by molar-refractivity contribution is 5.99. The molecule has 1 amide bonds. The Bertz CT molecular complexity index is 563. The fraction of sp³-hybridized carbons (Fsp3) is 0.417. The van der Waals surface area contributed by atoms with Gasteiger partial charge in [0.1, 0.15) is 5.56 Å². The monoisotopic (exact) mass is 247 g/mol. The molecule has 0 fully saturated rings. The SMILES string of the molecule is CNC(C)CNC(=O)c1cnn2ccc(C)nc12. The lowest BCUT2D eigenvalue weighted by Gasteiger charge is -2.10. The standard InChI is InChI=1S/C12H17N5O/c1-8-4-5-17-11(16-8)10(7-15-17)12(18)14-6-9(2)13-3/h4-5,7,9,13H,6H2,1-3H3,(H,14,18). The Kier molecular flexibility index (Phi) is 3.57. The molecule has 6 heteroatoms. The van der Waals surface area contributed by atoms with E-state index in [-0.39, 0.29) is 11.9 Å². The van der Waals surface area contributed by atoms with Crippen molar-refractivity contribution in [3.05, 3.63) is 29.7 Å². The van der Waals surface area contributed by atoms with E-state index in [1.165, 1.54) is 0 Å². The predicted octanol–water partition coefficient (Wildman–Crippen LogP) is 0.375. The van der Waals surface area contributed by atoms with Crippen LogP contribution in [0.3, 0.4) is 0 Å². The van der Waals surface area contributed by atoms with Crippen LogP contribution in [0.5, 0.6) is 0 Å². The van der Waals surface area contributed by atoms with Gasteiger partial charge in [0.25, 0.3) is 5.91 Å². The highest BCUT2D eigenvalue weighted by Gasteiger charge is 2.14. The minimum Gasteiger partial charge on any atom is -0.350 e. The van der Waals surface area contributed by atoms with Crippen LogP contribution in [0.2, 0.25) is 0 Å². The van der Waals surface area contributed by atoms with Crippen LogP contribution in [0.25, 0.3) is 5.65 Å². The van der Waals surface area contributed by atoms with E-state index in [9.17, 15) is 4.79 Å². The molecule has 2 aromatic rings. The molecule has 1 atom stereocenters. The van der Waals surface area contributed by atoms with Gasteiger partial charge in [0.15, 0.2) is 5.65 Å². The van der Waals surface area contributed by atoms with Crippen LogP contribution in [-0.2, 0) is 0 Å². The van der Waals surface area contributed by atoms with Crippen LogP contribution in [0.1, 0.15) is 23.0 Å². The summed E-state index contributed by atoms with van der Waals surface area (Å²) in [5.74, 6) is -0.148. The fourth-order valence-corrected chi connectivity index (χ4v) is 1.56. The molecule has 2 rings (SSSR count). The average molecular weight is 247 g/mol. The first-order chi connectivity index (χ1) is 8.61. The second-order valence-electron chi connectivity index (χ2n) is 4.30. The lowest BCUT2D eigenvalue weighted by atomic mass is 10.3. The zero-order valence-corrected chi connectivity index (χ0v) is 10.8. The van der Waals surface area contributed by atoms with Crippen molar-refractivity contribution in [3.8, 4) is 0 Å². The van der Waals surface area contributed by atoms with Gasteiger partial charge in [-0.05, 0) is 27.0 Å². The molecule has 18 heavy (non-hydrogen) atoms. The maximum absolute atomic E-state index is 12.0. The fourth-order valence-electron chi connectivity index (χ4n) is 1.56. The number of amides is 1. The van der Waals surface area contributed by atoms with Crippen molar-refractivity contribution >= 4 is 11.6 Å². The number of fused-ring (bicyclic) bond motifs is 1. The molecule has 1 unspecified atom stereocenters. The molecule has 0 radical (unpaired) electrons. The van der Waals surface area contributed by atoms with Gasteiger partial charge in [0, 0.05) is 24.5 Å². The number of likely N-dealkylation sites (N-methyl/N-ethyl adjacent to an activating group) is 1. The Morgan fingerprint density at radius 2 is 2.33 bits per heavy atom. The predicted molar refractivity (Wildman–Crippen MR) is 68.6 cm³/mol. The van der Waals surface area contributed by atoms with Crippen LogP contribution in [0, 0.1) is 6.92 Å². The van der Waals surface area contributed by atoms with E-state index in [4.69, 9.17) is 0 Å². The summed E-state index contributed by atoms with van der Waals surface area (Å²) >= 11 is 0. The summed E-state index contributed by atoms with van der Waals surface area (Å²) in [6.07, 6.45) is 3.34. The van der Waals surface area contributed by atoms with E-state index in [1.54, 1.807) is 16.9 Å². The third-order valence-electron chi connectivity index (χ3n) is 2.81. The quantitative estimate of drug-likeness (QED) is 0.819. The summed E-state index contributed by atoms with van der Waals surface area (Å²) < 4.78 is 1.60. The zero-order chi connectivity index (χ0) is 13.1. The first-order valence-electron chi connectivity index (χ1n) is 5.88. The molecule has 0 saturated heterocycles. The number of nitrogens with one attached hydrogen (secondary N) is 2. The zero-order valence-electron chi connectivity index (χ0n) is 10.8. The van der Waals surface area contributed by atoms with Crippen molar-refractivity contribution in [2.75, 3.05) is 13.6 Å². The number of aryl methyl sites for hydroxylation is 1. The summed E-state index contributed by atoms with van der Waals surface area (Å²) in [7, 11) is 1.86. The van der Waals surface area contributed by atoms with E-state index in [0.717, 1.165) is 5.69 Å². The van der Waals surface area contributed by atoms with Gasteiger partial charge in [-0.15, -0.1) is 0 Å². The second kappa shape index (κ2) is 5.14. The number of aromatic nitrogens is 3. The van der Waals surface area contributed by atoms with E-state index >= 15 is 0 Å². The smallest absolute Gasteiger partial charge is 0.256 e. The summed E-state index contributed by atoms with van der Waals surface area (Å²) in [5, 5.41) is 10.0. The molecule has 0 spiro atoms. The Balaban J connectivity index is 2.20. The lowest BCUT2D eigenvalue weighted by molar-refractivity contribution is 0.0952. The minimum absolute atomic E-state index is 0.148. The molecule has 0 aliphatic carbocycles. The number of nitrogens with zero attached hydrogens (tertiary/aromatic N) is 3. The van der Waals surface area contributed by atoms with Gasteiger partial charge in [-0.25, -0.2) is 9.50 Å². The molecular formula is C12H17N5O. The highest BCUT2D eigenvalue weighted by atomic mass is 16.1. The molecule has 0 bridgehead atoms. The Hall–Kier alpha value is -1.95. The normalized spacial score (nSPS) is 12.6. The maximum Gasteiger partial charge on any atom is 0.256 e. The van der Waals surface area contributed by atoms with Crippen LogP contribution < -0.4 is 10.6 Å². The highest BCUT2D eigenvalue weighted by Crippen LogP contribution is 2.08. The molecule has 0 aliphatic heterocycles. The first-order valence-corrected chi connectivity index (χ1v) is 5.88. The molecule has 0 aliphatic rings. The summed E-state index contributed by atoms with van der Waals surface area (Å²) in [6, 6.07) is 2.08. The topological polar surface area (TPSA) is 71.3 Å². The van der Waals surface area contributed by atoms with Crippen molar-refractivity contribution in [3.63, 3.8) is 0 Å². The van der Waals surface area contributed by atoms with Gasteiger partial charge in [0.05, 0.1) is 6.20 Å². The maximum atomic E-state index is 12.0. The number of carbonyl (C=O) groups is 1. The molecule has 2 N–H and O–H groups in total. The molecule has 96 valence electrons. The van der Waals surface area contributed by atoms with Crippen molar-refractivity contribution in [1.29, 1.82) is 0 Å². The van der Waals surface area contributed by atoms with Gasteiger partial charge < -0.3 is 10.6 Å². The molecule has 0 saturated carbocycles. The van der Waals surface area contributed by atoms with Crippen molar-refractivity contribution < 1.29 is 4.79 Å². The third kappa shape index (κ3) is 2.48. The van der Waals surface area contributed by atoms with Gasteiger partial charge in [-0.3, -0.25) is 4.79 Å². The largest absolute Gasteiger partial charge is 0.350 e. The second-order valence-corrected chi connectivity index (χ2v) is 4.30. The molecular weight excluding hydrogens is 230 g/mol. The minimum atomic E-state index is -0.148. The summed E-state index contributed by atoms with van der Waals surface area (Å²) in [6.45, 7) is 4.45. The Morgan fingerprint density at radius 1 is 1.56 bits per heavy atom. The lowest BCUT2D eigenvalue weighted by Crippen LogP contribution is -2.37. The number of carbonyl (C=O) groups excluding carboxylic acids is 1. The van der Waals surface area contributed by atoms with Crippen LogP contribution in [-0.4, -0.2) is 40.1 Å². The van der Waals surface area contributed by atoms with Crippen molar-refractivity contribution in [2.45, 2.75) is 19.9 Å². The molecule has 0 aromatic carbocycles. The number of hydrogen-bond acceptors (Lipinski definition) is 4. The van der Waals surface area contributed by atoms with E-state index in [2.05, 4.69) is 20.7 Å². The van der Waals surface area contributed by atoms with Crippen LogP contribution in [0.15, 0.2) is 18.5 Å². The van der Waals surface area contributed by atoms with Crippen LogP contribution >= 0.6 is 0 Å². The van der Waals surface area contributed by atoms with Gasteiger partial charge in [-0.1, -0.05) is 0 Å². The molecule has 2 aromatic heterocycles. The van der Waals surface area contributed by atoms with E-state index < -0.39 is 0 Å². The number of hydrogen-bond donors (Lipinski definition) is 2. The van der Waals surface area contributed by atoms with Gasteiger partial charge >= 0.3 is 0 Å². The van der Waals surface area contributed by atoms with Gasteiger partial charge in [0.2, 0.25) is 0 Å². The summed E-state index contributed by atoms with van der Waals surface area (Å²) in [4.78, 5) is 16.3. The Morgan fingerprint density at radius 3 is 3.06 bits per heavy atom. The van der Waals surface area contributed by atoms with Gasteiger partial charge in [-0.2, -0.15) is 5.10 Å². The summed E-state index contributed by atoms with van der Waals surface area (Å²) in [5.41, 5.74) is 1.95. The first kappa shape index (κ1) is 12.5. The van der Waals surface area contributed by atoms with Crippen molar-refractivity contribution in [2.24, 2.45) is 0 Å². The molecule has 2 heterocycles.